The summed E-state index contributed by atoms with van der Waals surface area (Å²) < 4.78 is 73.9. The largest absolute Gasteiger partial charge is 0.478 e. The average Bonchev–Trinajstić information content (AvgIpc) is 3.45. The summed E-state index contributed by atoms with van der Waals surface area (Å²) in [5.41, 5.74) is -16.9. The molecule has 18 atom stereocenters. The van der Waals surface area contributed by atoms with Gasteiger partial charge in [0, 0.05) is 39.4 Å². The van der Waals surface area contributed by atoms with Crippen molar-refractivity contribution in [3.63, 3.8) is 0 Å². The Hall–Kier alpha value is -3.16. The van der Waals surface area contributed by atoms with Crippen LogP contribution in [0.15, 0.2) is 47.6 Å². The first-order valence-electron chi connectivity index (χ1n) is 19.5. The maximum absolute atomic E-state index is 17.8. The predicted octanol–water partition coefficient (Wildman–Crippen LogP) is 5.21. The Labute approximate surface area is 316 Å². The van der Waals surface area contributed by atoms with Gasteiger partial charge in [0.25, 0.3) is 0 Å². The molecule has 8 rings (SSSR count). The second kappa shape index (κ2) is 11.3. The van der Waals surface area contributed by atoms with E-state index in [0.29, 0.717) is 0 Å². The SMILES string of the molecule is C[C@@H]1C[C@H]2[C@@H]3C[C@H](F)C4=CC(=O)C=C[C@]4(C)[C@@]3(F)[C@H](O)C[C@]2(C)[C@@]1(OC(=O)[C@@]1(O)[C@@H](C)C[C@H]2[C@@H]3C[C@H](F)C4=CC(=O)C=C[C@]4(C)[C@@]3(F)C(O)C[C@@]21C)C(=O)O. The highest BCUT2D eigenvalue weighted by molar-refractivity contribution is 6.02. The Bertz CT molecular complexity index is 1930. The van der Waals surface area contributed by atoms with Crippen LogP contribution in [0.3, 0.4) is 0 Å². The first-order valence-corrected chi connectivity index (χ1v) is 19.5. The molecular formula is C42H50F4O9. The van der Waals surface area contributed by atoms with Crippen LogP contribution in [0.2, 0.25) is 0 Å². The number of aliphatic carboxylic acids is 1. The van der Waals surface area contributed by atoms with Gasteiger partial charge in [0.05, 0.1) is 12.2 Å². The molecule has 0 amide bonds. The summed E-state index contributed by atoms with van der Waals surface area (Å²) in [5, 5.41) is 47.5. The minimum absolute atomic E-state index is 0.00132. The van der Waals surface area contributed by atoms with Crippen LogP contribution in [-0.2, 0) is 23.9 Å². The first-order chi connectivity index (χ1) is 25.4. The van der Waals surface area contributed by atoms with Crippen LogP contribution in [0.4, 0.5) is 17.6 Å². The number of esters is 1. The molecule has 0 aromatic heterocycles. The Balaban J connectivity index is 1.17. The molecule has 55 heavy (non-hydrogen) atoms. The summed E-state index contributed by atoms with van der Waals surface area (Å²) >= 11 is 0. The van der Waals surface area contributed by atoms with E-state index in [1.54, 1.807) is 0 Å². The second-order valence-electron chi connectivity index (χ2n) is 19.2. The molecule has 0 saturated heterocycles. The van der Waals surface area contributed by atoms with Crippen molar-refractivity contribution in [3.05, 3.63) is 47.6 Å². The number of carboxylic acids is 1. The summed E-state index contributed by atoms with van der Waals surface area (Å²) in [6, 6.07) is 0. The zero-order valence-electron chi connectivity index (χ0n) is 31.8. The standard InChI is InChI=1S/C42H50F4O9/c1-19-11-23-25-15-29(43)27-13-21(47)7-9-35(27,3)39(25,45)31(49)17-37(23,5)41(19,54)34(53)55-42(33(51)52)20(2)12-24-26-16-30(44)28-14-22(48)8-10-36(28,4)40(26,46)32(50)18-38(24,42)6/h7-10,13-14,19-20,23-26,29-32,49-50,54H,11-12,15-18H2,1-6H3,(H,51,52)/t19-,20+,23-,24-,25-,26-,29-,30-,31?,32+,35-,36-,37-,38-,39-,40-,41-,42-/m0/s1. The van der Waals surface area contributed by atoms with Crippen molar-refractivity contribution in [3.8, 4) is 0 Å². The molecule has 13 heteroatoms. The highest BCUT2D eigenvalue weighted by Gasteiger charge is 2.81. The molecule has 8 aliphatic rings. The second-order valence-corrected chi connectivity index (χ2v) is 19.2. The van der Waals surface area contributed by atoms with E-state index >= 15 is 17.6 Å². The number of carboxylic acid groups (broad SMARTS) is 1. The summed E-state index contributed by atoms with van der Waals surface area (Å²) in [6.07, 6.45) is -2.22. The molecule has 0 aromatic carbocycles. The first kappa shape index (κ1) is 38.7. The van der Waals surface area contributed by atoms with Gasteiger partial charge >= 0.3 is 11.9 Å². The molecular weight excluding hydrogens is 724 g/mol. The Morgan fingerprint density at radius 2 is 1.13 bits per heavy atom. The quantitative estimate of drug-likeness (QED) is 0.223. The average molecular weight is 775 g/mol. The third-order valence-electron chi connectivity index (χ3n) is 17.3. The molecule has 0 spiro atoms. The van der Waals surface area contributed by atoms with E-state index in [4.69, 9.17) is 4.74 Å². The van der Waals surface area contributed by atoms with Crippen molar-refractivity contribution in [1.82, 2.24) is 0 Å². The minimum Gasteiger partial charge on any atom is -0.478 e. The molecule has 9 nitrogen and oxygen atoms in total. The highest BCUT2D eigenvalue weighted by Crippen LogP contribution is 2.74. The van der Waals surface area contributed by atoms with Crippen LogP contribution in [0.1, 0.15) is 80.1 Å². The topological polar surface area (TPSA) is 158 Å². The number of hydrogen-bond acceptors (Lipinski definition) is 8. The van der Waals surface area contributed by atoms with Gasteiger partial charge in [-0.15, -0.1) is 0 Å². The Morgan fingerprint density at radius 3 is 1.58 bits per heavy atom. The van der Waals surface area contributed by atoms with Gasteiger partial charge in [0.2, 0.25) is 5.60 Å². The van der Waals surface area contributed by atoms with E-state index in [2.05, 4.69) is 0 Å². The maximum atomic E-state index is 17.8. The number of aliphatic hydroxyl groups excluding tert-OH is 2. The van der Waals surface area contributed by atoms with Crippen LogP contribution in [-0.4, -0.2) is 91.0 Å². The molecule has 1 unspecified atom stereocenters. The fourth-order valence-corrected chi connectivity index (χ4v) is 14.4. The molecule has 4 N–H and O–H groups in total. The molecule has 0 radical (unpaired) electrons. The molecule has 6 fully saturated rings. The van der Waals surface area contributed by atoms with Gasteiger partial charge in [-0.3, -0.25) is 9.59 Å². The van der Waals surface area contributed by atoms with Gasteiger partial charge in [0.1, 0.15) is 12.3 Å². The van der Waals surface area contributed by atoms with Gasteiger partial charge in [-0.25, -0.2) is 27.2 Å². The van der Waals surface area contributed by atoms with E-state index in [-0.39, 0.29) is 24.0 Å². The summed E-state index contributed by atoms with van der Waals surface area (Å²) in [4.78, 5) is 53.0. The number of ketones is 2. The number of allylic oxidation sites excluding steroid dienone is 8. The number of alkyl halides is 4. The third-order valence-corrected chi connectivity index (χ3v) is 17.3. The molecule has 0 bridgehead atoms. The number of halogens is 4. The highest BCUT2D eigenvalue weighted by atomic mass is 19.2. The van der Waals surface area contributed by atoms with Crippen molar-refractivity contribution >= 4 is 23.5 Å². The maximum Gasteiger partial charge on any atom is 0.349 e. The predicted molar refractivity (Wildman–Crippen MR) is 188 cm³/mol. The van der Waals surface area contributed by atoms with Gasteiger partial charge in [0.15, 0.2) is 28.5 Å². The zero-order valence-corrected chi connectivity index (χ0v) is 31.8. The lowest BCUT2D eigenvalue weighted by molar-refractivity contribution is -0.256. The zero-order chi connectivity index (χ0) is 40.4. The normalized spacial score (nSPS) is 56.2. The van der Waals surface area contributed by atoms with E-state index in [9.17, 15) is 39.6 Å². The van der Waals surface area contributed by atoms with E-state index in [1.807, 2.05) is 0 Å². The fourth-order valence-electron chi connectivity index (χ4n) is 14.4. The van der Waals surface area contributed by atoms with Crippen LogP contribution in [0.25, 0.3) is 0 Å². The van der Waals surface area contributed by atoms with E-state index < -0.39 is 153 Å². The Kier molecular flexibility index (Phi) is 7.93. The summed E-state index contributed by atoms with van der Waals surface area (Å²) in [7, 11) is 0. The lowest BCUT2D eigenvalue weighted by Gasteiger charge is -2.63. The van der Waals surface area contributed by atoms with Gasteiger partial charge in [-0.1, -0.05) is 39.8 Å². The number of fused-ring (bicyclic) bond motifs is 10. The van der Waals surface area contributed by atoms with Crippen molar-refractivity contribution in [2.24, 2.45) is 57.2 Å². The van der Waals surface area contributed by atoms with Crippen LogP contribution < -0.4 is 0 Å². The van der Waals surface area contributed by atoms with Gasteiger partial charge in [-0.2, -0.15) is 0 Å². The molecule has 0 aliphatic heterocycles. The summed E-state index contributed by atoms with van der Waals surface area (Å²) in [6.45, 7) is 8.90. The number of aliphatic hydroxyl groups is 3. The van der Waals surface area contributed by atoms with Gasteiger partial charge in [-0.05, 0) is 106 Å². The summed E-state index contributed by atoms with van der Waals surface area (Å²) in [5.74, 6) is -10.3. The lowest BCUT2D eigenvalue weighted by atomic mass is 9.44. The number of rotatable bonds is 3. The van der Waals surface area contributed by atoms with Crippen molar-refractivity contribution < 1.29 is 61.9 Å². The Morgan fingerprint density at radius 1 is 0.709 bits per heavy atom. The van der Waals surface area contributed by atoms with Crippen molar-refractivity contribution in [1.29, 1.82) is 0 Å². The lowest BCUT2D eigenvalue weighted by Crippen LogP contribution is -2.72. The number of ether oxygens (including phenoxy) is 1. The molecule has 8 aliphatic carbocycles. The van der Waals surface area contributed by atoms with Crippen LogP contribution >= 0.6 is 0 Å². The van der Waals surface area contributed by atoms with Gasteiger partial charge < -0.3 is 25.2 Å². The minimum atomic E-state index is -2.52. The van der Waals surface area contributed by atoms with Crippen molar-refractivity contribution in [2.45, 2.75) is 127 Å². The third kappa shape index (κ3) is 4.11. The monoisotopic (exact) mass is 774 g/mol. The molecule has 6 saturated carbocycles. The smallest absolute Gasteiger partial charge is 0.349 e. The van der Waals surface area contributed by atoms with E-state index in [0.717, 1.165) is 24.3 Å². The fraction of sp³-hybridized carbons (Fsp3) is 0.714. The number of hydrogen-bond donors (Lipinski definition) is 4. The van der Waals surface area contributed by atoms with E-state index in [1.165, 1.54) is 53.7 Å². The van der Waals surface area contributed by atoms with Crippen LogP contribution in [0.5, 0.6) is 0 Å². The van der Waals surface area contributed by atoms with Crippen LogP contribution in [0, 0.1) is 57.2 Å². The number of carbonyl (C=O) groups excluding carboxylic acids is 3. The molecule has 0 heterocycles. The molecule has 300 valence electrons. The van der Waals surface area contributed by atoms with Crippen molar-refractivity contribution in [2.75, 3.05) is 0 Å². The molecule has 0 aromatic rings. The number of carbonyl (C=O) groups is 4.